The van der Waals surface area contributed by atoms with Crippen LogP contribution in [0.4, 0.5) is 0 Å². The van der Waals surface area contributed by atoms with Crippen molar-refractivity contribution < 1.29 is 0 Å². The first-order valence-electron chi connectivity index (χ1n) is 20.9. The fraction of sp³-hybridized carbons (Fsp3) is 0.0508. The van der Waals surface area contributed by atoms with Crippen molar-refractivity contribution in [3.63, 3.8) is 0 Å². The standard InChI is InChI=1S/C59H43N/c1-59(2)54-38-37-48(39-53(54)58-57(59)52-21-12-13-24-55(52)60(58)49-19-10-5-11-20-49)44-27-33-46(34-28-44)51-23-14-22-50(45-31-25-42(26-32-45)40-15-6-3-7-16-40)56(51)47-35-29-43(30-36-47)41-17-8-4-9-18-41/h3-39H,1-2H3. The smallest absolute Gasteiger partial charge is 0.0585 e. The van der Waals surface area contributed by atoms with E-state index in [2.05, 4.69) is 243 Å². The van der Waals surface area contributed by atoms with Gasteiger partial charge in [-0.1, -0.05) is 214 Å². The lowest BCUT2D eigenvalue weighted by atomic mass is 9.81. The molecular formula is C59H43N. The van der Waals surface area contributed by atoms with Crippen LogP contribution in [0.25, 0.3) is 94.6 Å². The maximum absolute atomic E-state index is 2.47. The highest BCUT2D eigenvalue weighted by Gasteiger charge is 2.40. The molecule has 10 aromatic rings. The Labute approximate surface area is 352 Å². The zero-order chi connectivity index (χ0) is 40.2. The Hall–Kier alpha value is -7.48. The highest BCUT2D eigenvalue weighted by molar-refractivity contribution is 6.00. The van der Waals surface area contributed by atoms with E-state index in [1.807, 2.05) is 0 Å². The van der Waals surface area contributed by atoms with Crippen molar-refractivity contribution in [1.29, 1.82) is 0 Å². The molecule has 1 aromatic heterocycles. The summed E-state index contributed by atoms with van der Waals surface area (Å²) in [5.41, 5.74) is 22.3. The summed E-state index contributed by atoms with van der Waals surface area (Å²) in [6.45, 7) is 4.76. The summed E-state index contributed by atoms with van der Waals surface area (Å²) in [6, 6.07) is 82.1. The second kappa shape index (κ2) is 14.4. The van der Waals surface area contributed by atoms with Gasteiger partial charge in [-0.05, 0) is 102 Å². The molecule has 0 bridgehead atoms. The number of fused-ring (bicyclic) bond motifs is 5. The first kappa shape index (κ1) is 35.7. The van der Waals surface area contributed by atoms with Crippen LogP contribution in [0.1, 0.15) is 25.0 Å². The van der Waals surface area contributed by atoms with Gasteiger partial charge in [0.15, 0.2) is 0 Å². The average molecular weight is 766 g/mol. The summed E-state index contributed by atoms with van der Waals surface area (Å²) < 4.78 is 2.47. The predicted octanol–water partition coefficient (Wildman–Crippen LogP) is 15.9. The molecule has 1 nitrogen and oxygen atoms in total. The van der Waals surface area contributed by atoms with E-state index in [9.17, 15) is 0 Å². The van der Waals surface area contributed by atoms with Crippen molar-refractivity contribution in [3.05, 3.63) is 236 Å². The van der Waals surface area contributed by atoms with Gasteiger partial charge in [-0.15, -0.1) is 0 Å². The van der Waals surface area contributed by atoms with Crippen LogP contribution in [-0.4, -0.2) is 4.57 Å². The number of aromatic nitrogens is 1. The molecule has 1 heterocycles. The van der Waals surface area contributed by atoms with E-state index in [1.54, 1.807) is 0 Å². The van der Waals surface area contributed by atoms with Gasteiger partial charge in [-0.3, -0.25) is 0 Å². The second-order valence-corrected chi connectivity index (χ2v) is 16.5. The first-order chi connectivity index (χ1) is 29.5. The molecule has 0 aliphatic heterocycles. The van der Waals surface area contributed by atoms with Crippen molar-refractivity contribution in [2.75, 3.05) is 0 Å². The molecule has 1 aliphatic carbocycles. The van der Waals surface area contributed by atoms with Gasteiger partial charge in [0, 0.05) is 22.1 Å². The summed E-state index contributed by atoms with van der Waals surface area (Å²) >= 11 is 0. The normalized spacial score (nSPS) is 12.6. The van der Waals surface area contributed by atoms with E-state index in [0.717, 1.165) is 0 Å². The fourth-order valence-electron chi connectivity index (χ4n) is 9.69. The van der Waals surface area contributed by atoms with Gasteiger partial charge >= 0.3 is 0 Å². The molecule has 1 heteroatoms. The Morgan fingerprint density at radius 1 is 0.333 bits per heavy atom. The van der Waals surface area contributed by atoms with Crippen LogP contribution < -0.4 is 0 Å². The Morgan fingerprint density at radius 3 is 1.33 bits per heavy atom. The lowest BCUT2D eigenvalue weighted by molar-refractivity contribution is 0.666. The molecule has 0 saturated carbocycles. The zero-order valence-electron chi connectivity index (χ0n) is 33.8. The van der Waals surface area contributed by atoms with Gasteiger partial charge in [0.25, 0.3) is 0 Å². The molecule has 284 valence electrons. The zero-order valence-corrected chi connectivity index (χ0v) is 33.8. The van der Waals surface area contributed by atoms with Crippen LogP contribution in [0.3, 0.4) is 0 Å². The van der Waals surface area contributed by atoms with Crippen molar-refractivity contribution in [1.82, 2.24) is 4.57 Å². The van der Waals surface area contributed by atoms with Gasteiger partial charge < -0.3 is 4.57 Å². The van der Waals surface area contributed by atoms with Gasteiger partial charge in [0.2, 0.25) is 0 Å². The molecule has 0 atom stereocenters. The molecule has 0 amide bonds. The molecule has 0 saturated heterocycles. The third-order valence-electron chi connectivity index (χ3n) is 12.6. The van der Waals surface area contributed by atoms with Crippen molar-refractivity contribution in [3.8, 4) is 83.7 Å². The minimum atomic E-state index is -0.130. The predicted molar refractivity (Wildman–Crippen MR) is 253 cm³/mol. The van der Waals surface area contributed by atoms with E-state index < -0.39 is 0 Å². The summed E-state index contributed by atoms with van der Waals surface area (Å²) in [6.07, 6.45) is 0. The van der Waals surface area contributed by atoms with Crippen LogP contribution in [0.15, 0.2) is 224 Å². The Bertz CT molecular complexity index is 3150. The maximum Gasteiger partial charge on any atom is 0.0585 e. The van der Waals surface area contributed by atoms with Crippen molar-refractivity contribution >= 4 is 10.9 Å². The fourth-order valence-corrected chi connectivity index (χ4v) is 9.69. The van der Waals surface area contributed by atoms with Crippen LogP contribution in [0.2, 0.25) is 0 Å². The Balaban J connectivity index is 1.01. The lowest BCUT2D eigenvalue weighted by Gasteiger charge is -2.21. The van der Waals surface area contributed by atoms with E-state index in [-0.39, 0.29) is 5.41 Å². The quantitative estimate of drug-likeness (QED) is 0.152. The van der Waals surface area contributed by atoms with E-state index >= 15 is 0 Å². The SMILES string of the molecule is CC1(C)c2ccc(-c3ccc(-c4cccc(-c5ccc(-c6ccccc6)cc5)c4-c4ccc(-c5ccccc5)cc4)cc3)cc2-c2c1c1ccccc1n2-c1ccccc1. The second-order valence-electron chi connectivity index (χ2n) is 16.5. The van der Waals surface area contributed by atoms with Crippen molar-refractivity contribution in [2.45, 2.75) is 19.3 Å². The average Bonchev–Trinajstić information content (AvgIpc) is 3.79. The number of hydrogen-bond donors (Lipinski definition) is 0. The molecule has 0 unspecified atom stereocenters. The highest BCUT2D eigenvalue weighted by atomic mass is 15.0. The van der Waals surface area contributed by atoms with Gasteiger partial charge in [0.1, 0.15) is 0 Å². The van der Waals surface area contributed by atoms with Crippen LogP contribution in [0, 0.1) is 0 Å². The topological polar surface area (TPSA) is 4.93 Å². The van der Waals surface area contributed by atoms with E-state index in [1.165, 1.54) is 106 Å². The Morgan fingerprint density at radius 2 is 0.767 bits per heavy atom. The molecule has 9 aromatic carbocycles. The molecule has 0 spiro atoms. The maximum atomic E-state index is 2.47. The summed E-state index contributed by atoms with van der Waals surface area (Å²) in [5.74, 6) is 0. The van der Waals surface area contributed by atoms with E-state index in [0.29, 0.717) is 0 Å². The van der Waals surface area contributed by atoms with Crippen LogP contribution in [-0.2, 0) is 5.41 Å². The minimum Gasteiger partial charge on any atom is -0.309 e. The highest BCUT2D eigenvalue weighted by Crippen LogP contribution is 2.54. The third kappa shape index (κ3) is 5.93. The first-order valence-corrected chi connectivity index (χ1v) is 20.9. The number of nitrogens with zero attached hydrogens (tertiary/aromatic N) is 1. The van der Waals surface area contributed by atoms with Gasteiger partial charge in [0.05, 0.1) is 11.2 Å². The monoisotopic (exact) mass is 765 g/mol. The molecular weight excluding hydrogens is 723 g/mol. The third-order valence-corrected chi connectivity index (χ3v) is 12.6. The number of benzene rings is 9. The summed E-state index contributed by atoms with van der Waals surface area (Å²) in [5, 5.41) is 1.32. The summed E-state index contributed by atoms with van der Waals surface area (Å²) in [4.78, 5) is 0. The molecule has 1 aliphatic rings. The van der Waals surface area contributed by atoms with Gasteiger partial charge in [-0.2, -0.15) is 0 Å². The number of para-hydroxylation sites is 2. The lowest BCUT2D eigenvalue weighted by Crippen LogP contribution is -2.14. The molecule has 11 rings (SSSR count). The van der Waals surface area contributed by atoms with Gasteiger partial charge in [-0.25, -0.2) is 0 Å². The molecule has 0 fully saturated rings. The van der Waals surface area contributed by atoms with E-state index in [4.69, 9.17) is 0 Å². The molecule has 0 radical (unpaired) electrons. The minimum absolute atomic E-state index is 0.130. The molecule has 60 heavy (non-hydrogen) atoms. The summed E-state index contributed by atoms with van der Waals surface area (Å²) in [7, 11) is 0. The van der Waals surface area contributed by atoms with Crippen LogP contribution in [0.5, 0.6) is 0 Å². The largest absolute Gasteiger partial charge is 0.309 e. The molecule has 0 N–H and O–H groups in total. The number of rotatable bonds is 7. The van der Waals surface area contributed by atoms with Crippen molar-refractivity contribution in [2.24, 2.45) is 0 Å². The number of hydrogen-bond acceptors (Lipinski definition) is 0. The van der Waals surface area contributed by atoms with Crippen LogP contribution >= 0.6 is 0 Å². The Kier molecular flexibility index (Phi) is 8.57.